The molecule has 1 rings (SSSR count). The SMILES string of the molecule is C/C=C(/C(C)C)N(C)C(C)c1ccccc1. The lowest BCUT2D eigenvalue weighted by molar-refractivity contribution is 0.299. The van der Waals surface area contributed by atoms with Crippen LogP contribution in [0.2, 0.25) is 0 Å². The van der Waals surface area contributed by atoms with Gasteiger partial charge in [0.2, 0.25) is 0 Å². The molecule has 0 aromatic heterocycles. The molecule has 1 heteroatoms. The van der Waals surface area contributed by atoms with Crippen LogP contribution in [-0.2, 0) is 0 Å². The van der Waals surface area contributed by atoms with Crippen molar-refractivity contribution in [2.45, 2.75) is 33.7 Å². The second-order valence-corrected chi connectivity index (χ2v) is 4.57. The van der Waals surface area contributed by atoms with Gasteiger partial charge in [0.05, 0.1) is 6.04 Å². The Balaban J connectivity index is 2.86. The lowest BCUT2D eigenvalue weighted by Gasteiger charge is -2.32. The van der Waals surface area contributed by atoms with Crippen molar-refractivity contribution in [3.8, 4) is 0 Å². The lowest BCUT2D eigenvalue weighted by Crippen LogP contribution is -2.24. The van der Waals surface area contributed by atoms with Crippen LogP contribution >= 0.6 is 0 Å². The van der Waals surface area contributed by atoms with Crippen molar-refractivity contribution in [1.82, 2.24) is 4.90 Å². The predicted molar refractivity (Wildman–Crippen MR) is 71.2 cm³/mol. The summed E-state index contributed by atoms with van der Waals surface area (Å²) in [6, 6.07) is 11.1. The molecule has 0 saturated carbocycles. The Morgan fingerprint density at radius 1 is 1.12 bits per heavy atom. The molecule has 1 aromatic rings. The molecule has 0 saturated heterocycles. The normalized spacial score (nSPS) is 14.0. The van der Waals surface area contributed by atoms with E-state index in [1.54, 1.807) is 0 Å². The van der Waals surface area contributed by atoms with Gasteiger partial charge in [-0.2, -0.15) is 0 Å². The number of nitrogens with zero attached hydrogens (tertiary/aromatic N) is 1. The van der Waals surface area contributed by atoms with Gasteiger partial charge in [0.25, 0.3) is 0 Å². The second-order valence-electron chi connectivity index (χ2n) is 4.57. The van der Waals surface area contributed by atoms with Gasteiger partial charge in [-0.1, -0.05) is 50.3 Å². The molecule has 88 valence electrons. The minimum absolute atomic E-state index is 0.426. The van der Waals surface area contributed by atoms with E-state index >= 15 is 0 Å². The van der Waals surface area contributed by atoms with E-state index in [1.165, 1.54) is 11.3 Å². The van der Waals surface area contributed by atoms with Crippen molar-refractivity contribution >= 4 is 0 Å². The van der Waals surface area contributed by atoms with Crippen molar-refractivity contribution in [1.29, 1.82) is 0 Å². The molecule has 0 amide bonds. The maximum atomic E-state index is 2.36. The Labute approximate surface area is 99.8 Å². The summed E-state index contributed by atoms with van der Waals surface area (Å²) < 4.78 is 0. The highest BCUT2D eigenvalue weighted by molar-refractivity contribution is 5.20. The van der Waals surface area contributed by atoms with Gasteiger partial charge < -0.3 is 4.90 Å². The van der Waals surface area contributed by atoms with E-state index < -0.39 is 0 Å². The average molecular weight is 217 g/mol. The van der Waals surface area contributed by atoms with Gasteiger partial charge in [-0.25, -0.2) is 0 Å². The molecule has 16 heavy (non-hydrogen) atoms. The molecule has 0 radical (unpaired) electrons. The molecular weight excluding hydrogens is 194 g/mol. The minimum Gasteiger partial charge on any atom is -0.371 e. The maximum Gasteiger partial charge on any atom is 0.0508 e. The molecule has 0 aliphatic heterocycles. The molecule has 0 aliphatic rings. The van der Waals surface area contributed by atoms with Crippen LogP contribution in [0.3, 0.4) is 0 Å². The van der Waals surface area contributed by atoms with Crippen molar-refractivity contribution in [2.75, 3.05) is 7.05 Å². The number of allylic oxidation sites excluding steroid dienone is 2. The monoisotopic (exact) mass is 217 g/mol. The van der Waals surface area contributed by atoms with Crippen molar-refractivity contribution in [2.24, 2.45) is 5.92 Å². The van der Waals surface area contributed by atoms with E-state index in [4.69, 9.17) is 0 Å². The third-order valence-corrected chi connectivity index (χ3v) is 3.16. The average Bonchev–Trinajstić information content (AvgIpc) is 2.29. The summed E-state index contributed by atoms with van der Waals surface area (Å²) in [4.78, 5) is 2.36. The predicted octanol–water partition coefficient (Wildman–Crippen LogP) is 4.24. The van der Waals surface area contributed by atoms with Crippen LogP contribution in [0, 0.1) is 5.92 Å². The largest absolute Gasteiger partial charge is 0.371 e. The standard InChI is InChI=1S/C15H23N/c1-6-15(12(2)3)16(5)13(4)14-10-8-7-9-11-14/h6-13H,1-5H3/b15-6-. The number of rotatable bonds is 4. The molecule has 1 aromatic carbocycles. The van der Waals surface area contributed by atoms with Crippen LogP contribution in [0.1, 0.15) is 39.3 Å². The van der Waals surface area contributed by atoms with E-state index in [9.17, 15) is 0 Å². The lowest BCUT2D eigenvalue weighted by atomic mass is 10.0. The molecule has 1 unspecified atom stereocenters. The Morgan fingerprint density at radius 2 is 1.69 bits per heavy atom. The molecule has 0 fully saturated rings. The number of hydrogen-bond donors (Lipinski definition) is 0. The fourth-order valence-corrected chi connectivity index (χ4v) is 2.12. The summed E-state index contributed by atoms with van der Waals surface area (Å²) in [5, 5.41) is 0. The van der Waals surface area contributed by atoms with Crippen molar-refractivity contribution < 1.29 is 0 Å². The summed E-state index contributed by atoms with van der Waals surface area (Å²) in [6.07, 6.45) is 2.21. The molecule has 0 spiro atoms. The van der Waals surface area contributed by atoms with Crippen molar-refractivity contribution in [3.05, 3.63) is 47.7 Å². The van der Waals surface area contributed by atoms with E-state index in [0.717, 1.165) is 0 Å². The Bertz CT molecular complexity index is 338. The third-order valence-electron chi connectivity index (χ3n) is 3.16. The minimum atomic E-state index is 0.426. The smallest absolute Gasteiger partial charge is 0.0508 e. The first-order chi connectivity index (χ1) is 7.57. The Morgan fingerprint density at radius 3 is 2.12 bits per heavy atom. The van der Waals surface area contributed by atoms with Crippen LogP contribution in [0.4, 0.5) is 0 Å². The van der Waals surface area contributed by atoms with Gasteiger partial charge in [0.1, 0.15) is 0 Å². The van der Waals surface area contributed by atoms with E-state index in [-0.39, 0.29) is 0 Å². The highest BCUT2D eigenvalue weighted by Gasteiger charge is 2.15. The third kappa shape index (κ3) is 2.88. The summed E-state index contributed by atoms with van der Waals surface area (Å²) in [5.74, 6) is 0.571. The molecule has 0 aliphatic carbocycles. The van der Waals surface area contributed by atoms with Gasteiger partial charge in [0, 0.05) is 12.7 Å². The van der Waals surface area contributed by atoms with Gasteiger partial charge in [-0.3, -0.25) is 0 Å². The molecule has 1 nitrogen and oxygen atoms in total. The fraction of sp³-hybridized carbons (Fsp3) is 0.467. The molecular formula is C15H23N. The fourth-order valence-electron chi connectivity index (χ4n) is 2.12. The van der Waals surface area contributed by atoms with Crippen molar-refractivity contribution in [3.63, 3.8) is 0 Å². The molecule has 0 heterocycles. The van der Waals surface area contributed by atoms with Crippen LogP contribution in [-0.4, -0.2) is 11.9 Å². The van der Waals surface area contributed by atoms with Gasteiger partial charge in [0.15, 0.2) is 0 Å². The molecule has 0 N–H and O–H groups in total. The first kappa shape index (κ1) is 12.8. The quantitative estimate of drug-likeness (QED) is 0.729. The second kappa shape index (κ2) is 5.74. The molecule has 1 atom stereocenters. The van der Waals surface area contributed by atoms with Crippen LogP contribution in [0.25, 0.3) is 0 Å². The van der Waals surface area contributed by atoms with E-state index in [0.29, 0.717) is 12.0 Å². The Kier molecular flexibility index (Phi) is 4.60. The van der Waals surface area contributed by atoms with Crippen LogP contribution in [0.15, 0.2) is 42.1 Å². The topological polar surface area (TPSA) is 3.24 Å². The first-order valence-corrected chi connectivity index (χ1v) is 6.02. The highest BCUT2D eigenvalue weighted by atomic mass is 15.1. The van der Waals surface area contributed by atoms with Gasteiger partial charge in [-0.05, 0) is 25.3 Å². The highest BCUT2D eigenvalue weighted by Crippen LogP contribution is 2.25. The zero-order chi connectivity index (χ0) is 12.1. The molecule has 0 bridgehead atoms. The Hall–Kier alpha value is -1.24. The summed E-state index contributed by atoms with van der Waals surface area (Å²) in [5.41, 5.74) is 2.77. The zero-order valence-corrected chi connectivity index (χ0v) is 11.1. The number of hydrogen-bond acceptors (Lipinski definition) is 1. The van der Waals surface area contributed by atoms with E-state index in [1.807, 2.05) is 0 Å². The first-order valence-electron chi connectivity index (χ1n) is 6.02. The summed E-state index contributed by atoms with van der Waals surface area (Å²) in [6.45, 7) is 8.85. The van der Waals surface area contributed by atoms with Gasteiger partial charge >= 0.3 is 0 Å². The summed E-state index contributed by atoms with van der Waals surface area (Å²) in [7, 11) is 2.17. The number of benzene rings is 1. The van der Waals surface area contributed by atoms with E-state index in [2.05, 4.69) is 76.1 Å². The maximum absolute atomic E-state index is 2.36. The van der Waals surface area contributed by atoms with Crippen LogP contribution < -0.4 is 0 Å². The summed E-state index contributed by atoms with van der Waals surface area (Å²) >= 11 is 0. The van der Waals surface area contributed by atoms with Gasteiger partial charge in [-0.15, -0.1) is 0 Å². The van der Waals surface area contributed by atoms with Crippen LogP contribution in [0.5, 0.6) is 0 Å². The zero-order valence-electron chi connectivity index (χ0n) is 11.1.